The summed E-state index contributed by atoms with van der Waals surface area (Å²) in [5.74, 6) is 0. The van der Waals surface area contributed by atoms with Gasteiger partial charge in [-0.05, 0) is 80.6 Å². The Kier molecular flexibility index (Phi) is 5.83. The molecule has 0 fully saturated rings. The maximum atomic E-state index is 2.41. The largest absolute Gasteiger partial charge is 0.135 e. The van der Waals surface area contributed by atoms with Gasteiger partial charge in [0.05, 0.1) is 0 Å². The number of fused-ring (bicyclic) bond motifs is 5. The lowest BCUT2D eigenvalue weighted by Gasteiger charge is -2.03. The topological polar surface area (TPSA) is 0 Å². The summed E-state index contributed by atoms with van der Waals surface area (Å²) in [6, 6.07) is 53.5. The molecule has 202 valence electrons. The van der Waals surface area contributed by atoms with Crippen molar-refractivity contribution in [3.8, 4) is 43.1 Å². The molecule has 0 saturated heterocycles. The van der Waals surface area contributed by atoms with Gasteiger partial charge < -0.3 is 0 Å². The quantitative estimate of drug-likeness (QED) is 0.188. The lowest BCUT2D eigenvalue weighted by molar-refractivity contribution is 1.62. The molecule has 0 spiro atoms. The van der Waals surface area contributed by atoms with E-state index >= 15 is 0 Å². The summed E-state index contributed by atoms with van der Waals surface area (Å²) in [6.07, 6.45) is 0. The number of thiophene rings is 3. The second-order valence-electron chi connectivity index (χ2n) is 11.0. The number of rotatable bonds is 4. The molecule has 0 amide bonds. The molecule has 43 heavy (non-hydrogen) atoms. The van der Waals surface area contributed by atoms with Gasteiger partial charge in [-0.3, -0.25) is 0 Å². The fraction of sp³-hybridized carbons (Fsp3) is 0. The number of benzene rings is 6. The molecule has 0 N–H and O–H groups in total. The predicted molar refractivity (Wildman–Crippen MR) is 192 cm³/mol. The van der Waals surface area contributed by atoms with Crippen LogP contribution in [0.25, 0.3) is 83.5 Å². The highest BCUT2D eigenvalue weighted by atomic mass is 32.1. The van der Waals surface area contributed by atoms with Crippen molar-refractivity contribution in [3.05, 3.63) is 146 Å². The Morgan fingerprint density at radius 2 is 0.651 bits per heavy atom. The first kappa shape index (κ1) is 25.0. The van der Waals surface area contributed by atoms with Crippen molar-refractivity contribution in [1.29, 1.82) is 0 Å². The van der Waals surface area contributed by atoms with Gasteiger partial charge >= 0.3 is 0 Å². The third-order valence-electron chi connectivity index (χ3n) is 8.30. The molecule has 0 bridgehead atoms. The van der Waals surface area contributed by atoms with Gasteiger partial charge in [-0.2, -0.15) is 0 Å². The Hall–Kier alpha value is -4.54. The Morgan fingerprint density at radius 3 is 1.07 bits per heavy atom. The highest BCUT2D eigenvalue weighted by Crippen LogP contribution is 2.44. The van der Waals surface area contributed by atoms with Crippen LogP contribution in [-0.2, 0) is 0 Å². The molecule has 0 unspecified atom stereocenters. The van der Waals surface area contributed by atoms with Gasteiger partial charge in [0.1, 0.15) is 0 Å². The number of hydrogen-bond donors (Lipinski definition) is 0. The molecule has 0 aliphatic heterocycles. The van der Waals surface area contributed by atoms with Crippen LogP contribution in [0.4, 0.5) is 0 Å². The minimum Gasteiger partial charge on any atom is -0.135 e. The van der Waals surface area contributed by atoms with Gasteiger partial charge in [0.15, 0.2) is 0 Å². The Balaban J connectivity index is 1.07. The van der Waals surface area contributed by atoms with Gasteiger partial charge in [0.25, 0.3) is 0 Å². The van der Waals surface area contributed by atoms with Crippen LogP contribution >= 0.6 is 34.0 Å². The van der Waals surface area contributed by atoms with Crippen molar-refractivity contribution < 1.29 is 0 Å². The Morgan fingerprint density at radius 1 is 0.279 bits per heavy atom. The van der Waals surface area contributed by atoms with Gasteiger partial charge in [-0.1, -0.05) is 109 Å². The van der Waals surface area contributed by atoms with E-state index in [0.717, 1.165) is 0 Å². The van der Waals surface area contributed by atoms with E-state index in [1.165, 1.54) is 83.5 Å². The van der Waals surface area contributed by atoms with E-state index in [2.05, 4.69) is 146 Å². The average molecular weight is 601 g/mol. The first-order valence-corrected chi connectivity index (χ1v) is 16.9. The van der Waals surface area contributed by atoms with E-state index in [1.54, 1.807) is 0 Å². The Labute approximate surface area is 261 Å². The maximum Gasteiger partial charge on any atom is 0.0369 e. The molecule has 3 heteroatoms. The molecular weight excluding hydrogens is 577 g/mol. The smallest absolute Gasteiger partial charge is 0.0369 e. The highest BCUT2D eigenvalue weighted by Gasteiger charge is 2.13. The summed E-state index contributed by atoms with van der Waals surface area (Å²) < 4.78 is 5.43. The SMILES string of the molecule is c1ccc(-c2ccc(-c3cc4cc5c(cc4s3)sc3cc4sc(-c6ccc(-c7ccccc7)cc6)cc4cc35)cc2)cc1. The molecule has 9 rings (SSSR count). The first-order valence-electron chi connectivity index (χ1n) is 14.4. The van der Waals surface area contributed by atoms with Crippen LogP contribution in [0.5, 0.6) is 0 Å². The maximum absolute atomic E-state index is 2.41. The van der Waals surface area contributed by atoms with Crippen LogP contribution in [-0.4, -0.2) is 0 Å². The second-order valence-corrected chi connectivity index (χ2v) is 14.2. The van der Waals surface area contributed by atoms with Crippen LogP contribution in [0, 0.1) is 0 Å². The molecule has 0 saturated carbocycles. The van der Waals surface area contributed by atoms with Crippen LogP contribution in [0.15, 0.2) is 146 Å². The average Bonchev–Trinajstić information content (AvgIpc) is 3.78. The summed E-state index contributed by atoms with van der Waals surface area (Å²) >= 11 is 5.69. The molecule has 0 aliphatic rings. The molecule has 0 aliphatic carbocycles. The normalized spacial score (nSPS) is 11.7. The van der Waals surface area contributed by atoms with Gasteiger partial charge in [-0.15, -0.1) is 34.0 Å². The van der Waals surface area contributed by atoms with Gasteiger partial charge in [-0.25, -0.2) is 0 Å². The van der Waals surface area contributed by atoms with E-state index in [-0.39, 0.29) is 0 Å². The van der Waals surface area contributed by atoms with Crippen molar-refractivity contribution in [1.82, 2.24) is 0 Å². The second kappa shape index (κ2) is 10.0. The van der Waals surface area contributed by atoms with Crippen LogP contribution in [0.1, 0.15) is 0 Å². The summed E-state index contributed by atoms with van der Waals surface area (Å²) in [7, 11) is 0. The fourth-order valence-electron chi connectivity index (χ4n) is 6.04. The van der Waals surface area contributed by atoms with Crippen molar-refractivity contribution >= 4 is 74.4 Å². The third kappa shape index (κ3) is 4.40. The summed E-state index contributed by atoms with van der Waals surface area (Å²) in [4.78, 5) is 2.64. The van der Waals surface area contributed by atoms with Crippen LogP contribution < -0.4 is 0 Å². The van der Waals surface area contributed by atoms with E-state index in [9.17, 15) is 0 Å². The van der Waals surface area contributed by atoms with Crippen LogP contribution in [0.3, 0.4) is 0 Å². The van der Waals surface area contributed by atoms with Crippen molar-refractivity contribution in [2.24, 2.45) is 0 Å². The predicted octanol–water partition coefficient (Wildman–Crippen LogP) is 13.2. The fourth-order valence-corrected chi connectivity index (χ4v) is 9.52. The summed E-state index contributed by atoms with van der Waals surface area (Å²) in [5.41, 5.74) is 7.57. The Bertz CT molecular complexity index is 2230. The van der Waals surface area contributed by atoms with Crippen molar-refractivity contribution in [3.63, 3.8) is 0 Å². The van der Waals surface area contributed by atoms with E-state index in [0.29, 0.717) is 0 Å². The molecule has 3 aromatic heterocycles. The molecule has 0 radical (unpaired) electrons. The molecule has 9 aromatic rings. The molecule has 3 heterocycles. The standard InChI is InChI=1S/C40H24S3/c1-3-7-25(8-4-1)27-11-15-29(16-12-27)35-21-31-19-33-34-20-32-22-36(30-17-13-28(14-18-30)26-9-5-2-6-10-26)42-38(32)24-40(34)43-39(33)23-37(31)41-35/h1-24H. The minimum atomic E-state index is 1.25. The molecular formula is C40H24S3. The third-order valence-corrected chi connectivity index (χ3v) is 11.7. The zero-order valence-electron chi connectivity index (χ0n) is 23.1. The summed E-state index contributed by atoms with van der Waals surface area (Å²) in [6.45, 7) is 0. The van der Waals surface area contributed by atoms with E-state index < -0.39 is 0 Å². The van der Waals surface area contributed by atoms with Gasteiger partial charge in [0, 0.05) is 39.3 Å². The molecule has 0 atom stereocenters. The minimum absolute atomic E-state index is 1.25. The summed E-state index contributed by atoms with van der Waals surface area (Å²) in [5, 5.41) is 5.36. The zero-order valence-corrected chi connectivity index (χ0v) is 25.5. The molecule has 6 aromatic carbocycles. The number of hydrogen-bond acceptors (Lipinski definition) is 3. The lowest BCUT2D eigenvalue weighted by atomic mass is 10.0. The lowest BCUT2D eigenvalue weighted by Crippen LogP contribution is -1.77. The van der Waals surface area contributed by atoms with E-state index in [1.807, 2.05) is 34.0 Å². The van der Waals surface area contributed by atoms with E-state index in [4.69, 9.17) is 0 Å². The highest BCUT2D eigenvalue weighted by molar-refractivity contribution is 7.27. The monoisotopic (exact) mass is 600 g/mol. The van der Waals surface area contributed by atoms with Crippen molar-refractivity contribution in [2.45, 2.75) is 0 Å². The molecule has 0 nitrogen and oxygen atoms in total. The zero-order chi connectivity index (χ0) is 28.3. The van der Waals surface area contributed by atoms with Crippen LogP contribution in [0.2, 0.25) is 0 Å². The van der Waals surface area contributed by atoms with Gasteiger partial charge in [0.2, 0.25) is 0 Å². The van der Waals surface area contributed by atoms with Crippen molar-refractivity contribution in [2.75, 3.05) is 0 Å². The first-order chi connectivity index (χ1) is 21.2.